The Morgan fingerprint density at radius 1 is 0.875 bits per heavy atom. The van der Waals surface area contributed by atoms with E-state index in [1.54, 1.807) is 0 Å². The van der Waals surface area contributed by atoms with Gasteiger partial charge in [0.15, 0.2) is 0 Å². The predicted molar refractivity (Wildman–Crippen MR) is 96.7 cm³/mol. The summed E-state index contributed by atoms with van der Waals surface area (Å²) in [6.45, 7) is 0.435. The number of hydrogen-bond donors (Lipinski definition) is 2. The van der Waals surface area contributed by atoms with Gasteiger partial charge in [0.1, 0.15) is 12.4 Å². The molecule has 4 rings (SSSR count). The average Bonchev–Trinajstić information content (AvgIpc) is 3.10. The van der Waals surface area contributed by atoms with E-state index in [1.807, 2.05) is 42.5 Å². The molecule has 4 nitrogen and oxygen atoms in total. The second kappa shape index (κ2) is 6.08. The molecule has 0 saturated heterocycles. The lowest BCUT2D eigenvalue weighted by Crippen LogP contribution is -1.95. The van der Waals surface area contributed by atoms with Gasteiger partial charge in [-0.25, -0.2) is 0 Å². The van der Waals surface area contributed by atoms with Gasteiger partial charge in [0.2, 0.25) is 0 Å². The topological polar surface area (TPSA) is 63.9 Å². The van der Waals surface area contributed by atoms with Crippen LogP contribution in [0, 0.1) is 0 Å². The molecule has 0 amide bonds. The Morgan fingerprint density at radius 3 is 2.50 bits per heavy atom. The Labute approximate surface area is 139 Å². The van der Waals surface area contributed by atoms with Crippen LogP contribution in [-0.4, -0.2) is 10.2 Å². The van der Waals surface area contributed by atoms with Gasteiger partial charge in [0.05, 0.1) is 11.4 Å². The summed E-state index contributed by atoms with van der Waals surface area (Å²) in [4.78, 5) is 0. The number of aromatic amines is 1. The molecule has 0 saturated carbocycles. The van der Waals surface area contributed by atoms with Crippen LogP contribution in [0.1, 0.15) is 5.69 Å². The van der Waals surface area contributed by atoms with Crippen molar-refractivity contribution in [2.45, 2.75) is 6.61 Å². The normalized spacial score (nSPS) is 10.8. The Balaban J connectivity index is 1.52. The van der Waals surface area contributed by atoms with Gasteiger partial charge in [-0.1, -0.05) is 36.4 Å². The maximum absolute atomic E-state index is 5.74. The Kier molecular flexibility index (Phi) is 3.63. The minimum atomic E-state index is 0.435. The lowest BCUT2D eigenvalue weighted by atomic mass is 10.1. The monoisotopic (exact) mass is 315 g/mol. The van der Waals surface area contributed by atoms with Crippen molar-refractivity contribution in [3.8, 4) is 17.0 Å². The van der Waals surface area contributed by atoms with Crippen LogP contribution in [0.4, 0.5) is 5.69 Å². The number of nitrogens with two attached hydrogens (primary N) is 1. The number of anilines is 1. The molecule has 0 aliphatic rings. The highest BCUT2D eigenvalue weighted by Crippen LogP contribution is 2.24. The van der Waals surface area contributed by atoms with Crippen LogP contribution in [0.3, 0.4) is 0 Å². The number of nitrogens with one attached hydrogen (secondary N) is 1. The average molecular weight is 315 g/mol. The SMILES string of the molecule is Nc1ccc(OCc2cc(-c3ccc4ccccc4c3)n[nH]2)cc1. The Hall–Kier alpha value is -3.27. The van der Waals surface area contributed by atoms with Gasteiger partial charge >= 0.3 is 0 Å². The van der Waals surface area contributed by atoms with Gasteiger partial charge in [-0.2, -0.15) is 5.10 Å². The van der Waals surface area contributed by atoms with Gasteiger partial charge in [-0.15, -0.1) is 0 Å². The molecular weight excluding hydrogens is 298 g/mol. The van der Waals surface area contributed by atoms with Crippen LogP contribution in [0.2, 0.25) is 0 Å². The fourth-order valence-electron chi connectivity index (χ4n) is 2.66. The summed E-state index contributed by atoms with van der Waals surface area (Å²) >= 11 is 0. The summed E-state index contributed by atoms with van der Waals surface area (Å²) in [6, 6.07) is 24.0. The van der Waals surface area contributed by atoms with Crippen molar-refractivity contribution in [3.63, 3.8) is 0 Å². The first-order valence-electron chi connectivity index (χ1n) is 7.80. The van der Waals surface area contributed by atoms with E-state index in [-0.39, 0.29) is 0 Å². The number of aromatic nitrogens is 2. The Bertz CT molecular complexity index is 974. The van der Waals surface area contributed by atoms with Crippen molar-refractivity contribution >= 4 is 16.5 Å². The standard InChI is InChI=1S/C20H17N3O/c21-17-7-9-19(10-8-17)24-13-18-12-20(23-22-18)16-6-5-14-3-1-2-4-15(14)11-16/h1-12H,13,21H2,(H,22,23). The van der Waals surface area contributed by atoms with Crippen LogP contribution >= 0.6 is 0 Å². The molecule has 3 aromatic carbocycles. The molecule has 0 bridgehead atoms. The highest BCUT2D eigenvalue weighted by Gasteiger charge is 2.06. The molecule has 0 aliphatic carbocycles. The summed E-state index contributed by atoms with van der Waals surface area (Å²) in [5.74, 6) is 0.783. The second-order valence-corrected chi connectivity index (χ2v) is 5.70. The van der Waals surface area contributed by atoms with Crippen molar-refractivity contribution in [2.75, 3.05) is 5.73 Å². The van der Waals surface area contributed by atoms with E-state index in [4.69, 9.17) is 10.5 Å². The van der Waals surface area contributed by atoms with Crippen molar-refractivity contribution < 1.29 is 4.74 Å². The molecule has 24 heavy (non-hydrogen) atoms. The van der Waals surface area contributed by atoms with Crippen LogP contribution in [0.15, 0.2) is 72.8 Å². The van der Waals surface area contributed by atoms with E-state index >= 15 is 0 Å². The molecule has 118 valence electrons. The van der Waals surface area contributed by atoms with E-state index in [0.29, 0.717) is 6.61 Å². The molecule has 0 aliphatic heterocycles. The van der Waals surface area contributed by atoms with Crippen LogP contribution in [0.25, 0.3) is 22.0 Å². The number of nitrogens with zero attached hydrogens (tertiary/aromatic N) is 1. The number of rotatable bonds is 4. The number of ether oxygens (including phenoxy) is 1. The second-order valence-electron chi connectivity index (χ2n) is 5.70. The van der Waals surface area contributed by atoms with Crippen LogP contribution < -0.4 is 10.5 Å². The minimum absolute atomic E-state index is 0.435. The lowest BCUT2D eigenvalue weighted by molar-refractivity contribution is 0.301. The third kappa shape index (κ3) is 2.94. The summed E-state index contributed by atoms with van der Waals surface area (Å²) in [5, 5.41) is 9.86. The molecule has 1 heterocycles. The summed E-state index contributed by atoms with van der Waals surface area (Å²) < 4.78 is 5.74. The maximum Gasteiger partial charge on any atom is 0.130 e. The summed E-state index contributed by atoms with van der Waals surface area (Å²) in [7, 11) is 0. The maximum atomic E-state index is 5.74. The molecule has 0 unspecified atom stereocenters. The molecule has 4 heteroatoms. The van der Waals surface area contributed by atoms with Gasteiger partial charge in [-0.05, 0) is 47.2 Å². The first-order valence-corrected chi connectivity index (χ1v) is 7.80. The summed E-state index contributed by atoms with van der Waals surface area (Å²) in [6.07, 6.45) is 0. The molecule has 1 aromatic heterocycles. The number of hydrogen-bond acceptors (Lipinski definition) is 3. The number of benzene rings is 3. The van der Waals surface area contributed by atoms with E-state index in [9.17, 15) is 0 Å². The number of nitrogen functional groups attached to an aromatic ring is 1. The first-order chi connectivity index (χ1) is 11.8. The zero-order valence-electron chi connectivity index (χ0n) is 13.1. The molecule has 0 spiro atoms. The number of H-pyrrole nitrogens is 1. The van der Waals surface area contributed by atoms with E-state index in [2.05, 4.69) is 40.5 Å². The molecular formula is C20H17N3O. The highest BCUT2D eigenvalue weighted by molar-refractivity contribution is 5.86. The fraction of sp³-hybridized carbons (Fsp3) is 0.0500. The Morgan fingerprint density at radius 2 is 1.67 bits per heavy atom. The molecule has 0 atom stereocenters. The highest BCUT2D eigenvalue weighted by atomic mass is 16.5. The molecule has 0 radical (unpaired) electrons. The molecule has 3 N–H and O–H groups in total. The zero-order valence-corrected chi connectivity index (χ0v) is 13.1. The van der Waals surface area contributed by atoms with Crippen molar-refractivity contribution in [1.29, 1.82) is 0 Å². The van der Waals surface area contributed by atoms with Crippen LogP contribution in [-0.2, 0) is 6.61 Å². The quantitative estimate of drug-likeness (QED) is 0.549. The van der Waals surface area contributed by atoms with E-state index in [0.717, 1.165) is 28.4 Å². The van der Waals surface area contributed by atoms with E-state index in [1.165, 1.54) is 10.8 Å². The molecule has 0 fully saturated rings. The largest absolute Gasteiger partial charge is 0.487 e. The molecule has 4 aromatic rings. The predicted octanol–water partition coefficient (Wildman–Crippen LogP) is 4.39. The smallest absolute Gasteiger partial charge is 0.130 e. The minimum Gasteiger partial charge on any atom is -0.487 e. The first kappa shape index (κ1) is 14.3. The van der Waals surface area contributed by atoms with Crippen LogP contribution in [0.5, 0.6) is 5.75 Å². The van der Waals surface area contributed by atoms with Gasteiger partial charge < -0.3 is 10.5 Å². The van der Waals surface area contributed by atoms with E-state index < -0.39 is 0 Å². The fourth-order valence-corrected chi connectivity index (χ4v) is 2.66. The van der Waals surface area contributed by atoms with Crippen molar-refractivity contribution in [3.05, 3.63) is 78.5 Å². The third-order valence-corrected chi connectivity index (χ3v) is 3.95. The number of fused-ring (bicyclic) bond motifs is 1. The zero-order chi connectivity index (χ0) is 16.4. The summed E-state index contributed by atoms with van der Waals surface area (Å²) in [5.41, 5.74) is 9.32. The van der Waals surface area contributed by atoms with Crippen molar-refractivity contribution in [2.24, 2.45) is 0 Å². The van der Waals surface area contributed by atoms with Gasteiger partial charge in [0, 0.05) is 11.3 Å². The third-order valence-electron chi connectivity index (χ3n) is 3.95. The lowest BCUT2D eigenvalue weighted by Gasteiger charge is -2.04. The van der Waals surface area contributed by atoms with Gasteiger partial charge in [-0.3, -0.25) is 5.10 Å². The van der Waals surface area contributed by atoms with Crippen molar-refractivity contribution in [1.82, 2.24) is 10.2 Å². The van der Waals surface area contributed by atoms with Gasteiger partial charge in [0.25, 0.3) is 0 Å².